The van der Waals surface area contributed by atoms with E-state index in [0.29, 0.717) is 0 Å². The first-order valence-electron chi connectivity index (χ1n) is 6.41. The first kappa shape index (κ1) is 14.1. The van der Waals surface area contributed by atoms with Crippen molar-refractivity contribution in [2.75, 3.05) is 0 Å². The lowest BCUT2D eigenvalue weighted by Gasteiger charge is -2.32. The molecule has 0 aliphatic carbocycles. The molecule has 1 aromatic rings. The molecule has 0 amide bonds. The Labute approximate surface area is 114 Å². The molecule has 2 rings (SSSR count). The fourth-order valence-electron chi connectivity index (χ4n) is 1.86. The number of aryl methyl sites for hydroxylation is 1. The van der Waals surface area contributed by atoms with Gasteiger partial charge in [-0.1, -0.05) is 12.1 Å². The summed E-state index contributed by atoms with van der Waals surface area (Å²) in [5, 5.41) is 9.44. The van der Waals surface area contributed by atoms with Crippen LogP contribution in [0.15, 0.2) is 18.2 Å². The molecule has 4 nitrogen and oxygen atoms in total. The molecule has 1 aliphatic rings. The Kier molecular flexibility index (Phi) is 3.45. The molecule has 0 atom stereocenters. The van der Waals surface area contributed by atoms with Crippen LogP contribution < -0.4 is 0 Å². The van der Waals surface area contributed by atoms with Crippen molar-refractivity contribution in [3.05, 3.63) is 29.5 Å². The fraction of sp³-hybridized carbons (Fsp3) is 0.500. The Morgan fingerprint density at radius 2 is 1.79 bits per heavy atom. The maximum absolute atomic E-state index is 9.44. The van der Waals surface area contributed by atoms with E-state index in [4.69, 9.17) is 9.31 Å². The Morgan fingerprint density at radius 3 is 2.37 bits per heavy atom. The van der Waals surface area contributed by atoms with Gasteiger partial charge in [-0.25, -0.2) is 0 Å². The molecule has 0 spiro atoms. The monoisotopic (exact) mass is 261 g/mol. The highest BCUT2D eigenvalue weighted by molar-refractivity contribution is 6.52. The molecule has 1 saturated heterocycles. The van der Waals surface area contributed by atoms with Gasteiger partial charge in [0, 0.05) is 5.69 Å². The molecule has 1 N–H and O–H groups in total. The van der Waals surface area contributed by atoms with E-state index in [1.807, 2.05) is 46.7 Å². The van der Waals surface area contributed by atoms with Crippen LogP contribution in [0.25, 0.3) is 6.08 Å². The molecule has 0 bridgehead atoms. The van der Waals surface area contributed by atoms with Gasteiger partial charge in [0.05, 0.1) is 17.4 Å². The molecule has 1 aliphatic heterocycles. The second-order valence-corrected chi connectivity index (χ2v) is 5.85. The van der Waals surface area contributed by atoms with Crippen molar-refractivity contribution < 1.29 is 14.4 Å². The quantitative estimate of drug-likeness (QED) is 0.831. The Bertz CT molecular complexity index is 495. The number of aromatic hydroxyl groups is 1. The van der Waals surface area contributed by atoms with Gasteiger partial charge in [0.25, 0.3) is 0 Å². The predicted octanol–water partition coefficient (Wildman–Crippen LogP) is 2.74. The van der Waals surface area contributed by atoms with Crippen LogP contribution in [0.1, 0.15) is 39.0 Å². The highest BCUT2D eigenvalue weighted by Gasteiger charge is 2.49. The molecule has 2 heterocycles. The average Bonchev–Trinajstić information content (AvgIpc) is 2.49. The summed E-state index contributed by atoms with van der Waals surface area (Å²) in [5.74, 6) is 2.00. The van der Waals surface area contributed by atoms with E-state index >= 15 is 0 Å². The highest BCUT2D eigenvalue weighted by atomic mass is 16.7. The average molecular weight is 261 g/mol. The first-order valence-corrected chi connectivity index (χ1v) is 6.41. The number of hydrogen-bond donors (Lipinski definition) is 1. The van der Waals surface area contributed by atoms with Gasteiger partial charge in [-0.15, -0.1) is 0 Å². The summed E-state index contributed by atoms with van der Waals surface area (Å²) in [6, 6.07) is 1.67. The normalized spacial score (nSPS) is 21.2. The van der Waals surface area contributed by atoms with E-state index < -0.39 is 0 Å². The lowest BCUT2D eigenvalue weighted by Crippen LogP contribution is -2.41. The van der Waals surface area contributed by atoms with Gasteiger partial charge in [-0.05, 0) is 46.2 Å². The van der Waals surface area contributed by atoms with Crippen LogP contribution in [0.5, 0.6) is 5.75 Å². The van der Waals surface area contributed by atoms with Gasteiger partial charge in [0.15, 0.2) is 0 Å². The Morgan fingerprint density at radius 1 is 1.21 bits per heavy atom. The summed E-state index contributed by atoms with van der Waals surface area (Å²) in [6.45, 7) is 9.96. The van der Waals surface area contributed by atoms with Crippen LogP contribution in [-0.4, -0.2) is 28.4 Å². The van der Waals surface area contributed by atoms with E-state index in [2.05, 4.69) is 4.98 Å². The summed E-state index contributed by atoms with van der Waals surface area (Å²) in [6.07, 6.45) is 3.30. The largest absolute Gasteiger partial charge is 0.506 e. The van der Waals surface area contributed by atoms with Crippen LogP contribution in [0.4, 0.5) is 0 Å². The zero-order chi connectivity index (χ0) is 14.3. The molecule has 0 radical (unpaired) electrons. The number of rotatable bonds is 2. The lowest BCUT2D eigenvalue weighted by atomic mass is 9.89. The fourth-order valence-corrected chi connectivity index (χ4v) is 1.86. The molecule has 5 heteroatoms. The number of pyridine rings is 1. The molecular formula is C14H20BNO3. The van der Waals surface area contributed by atoms with Gasteiger partial charge in [-0.3, -0.25) is 4.98 Å². The summed E-state index contributed by atoms with van der Waals surface area (Å²) < 4.78 is 11.7. The van der Waals surface area contributed by atoms with Gasteiger partial charge in [0.2, 0.25) is 0 Å². The minimum absolute atomic E-state index is 0.152. The van der Waals surface area contributed by atoms with Crippen LogP contribution in [0.3, 0.4) is 0 Å². The van der Waals surface area contributed by atoms with Crippen molar-refractivity contribution in [2.45, 2.75) is 45.8 Å². The molecule has 102 valence electrons. The number of nitrogens with zero attached hydrogens (tertiary/aromatic N) is 1. The van der Waals surface area contributed by atoms with Gasteiger partial charge in [0.1, 0.15) is 5.75 Å². The molecule has 1 fully saturated rings. The molecule has 0 saturated carbocycles. The van der Waals surface area contributed by atoms with E-state index in [9.17, 15) is 5.11 Å². The highest BCUT2D eigenvalue weighted by Crippen LogP contribution is 2.37. The van der Waals surface area contributed by atoms with Crippen LogP contribution in [0, 0.1) is 6.92 Å². The summed E-state index contributed by atoms with van der Waals surface area (Å²) in [7, 11) is -0.383. The van der Waals surface area contributed by atoms with Crippen molar-refractivity contribution in [3.8, 4) is 5.75 Å². The minimum atomic E-state index is -0.383. The first-order chi connectivity index (χ1) is 8.71. The van der Waals surface area contributed by atoms with Crippen molar-refractivity contribution in [2.24, 2.45) is 0 Å². The summed E-state index contributed by atoms with van der Waals surface area (Å²) in [4.78, 5) is 4.10. The van der Waals surface area contributed by atoms with Crippen LogP contribution >= 0.6 is 0 Å². The molecule has 0 unspecified atom stereocenters. The third kappa shape index (κ3) is 2.82. The van der Waals surface area contributed by atoms with Crippen molar-refractivity contribution >= 4 is 13.2 Å². The summed E-state index contributed by atoms with van der Waals surface area (Å²) >= 11 is 0. The van der Waals surface area contributed by atoms with Crippen molar-refractivity contribution in [1.29, 1.82) is 0 Å². The number of aromatic nitrogens is 1. The third-order valence-electron chi connectivity index (χ3n) is 3.82. The topological polar surface area (TPSA) is 51.6 Å². The second-order valence-electron chi connectivity index (χ2n) is 5.85. The van der Waals surface area contributed by atoms with E-state index in [-0.39, 0.29) is 24.1 Å². The van der Waals surface area contributed by atoms with E-state index in [0.717, 1.165) is 11.3 Å². The van der Waals surface area contributed by atoms with Crippen molar-refractivity contribution in [1.82, 2.24) is 4.98 Å². The van der Waals surface area contributed by atoms with E-state index in [1.165, 1.54) is 6.20 Å². The van der Waals surface area contributed by atoms with Crippen LogP contribution in [-0.2, 0) is 9.31 Å². The van der Waals surface area contributed by atoms with E-state index in [1.54, 1.807) is 6.07 Å². The van der Waals surface area contributed by atoms with Gasteiger partial charge >= 0.3 is 7.12 Å². The Balaban J connectivity index is 2.15. The predicted molar refractivity (Wildman–Crippen MR) is 75.8 cm³/mol. The Hall–Kier alpha value is -1.33. The lowest BCUT2D eigenvalue weighted by molar-refractivity contribution is 0.00578. The maximum Gasteiger partial charge on any atom is 0.487 e. The van der Waals surface area contributed by atoms with Crippen molar-refractivity contribution in [3.63, 3.8) is 0 Å². The van der Waals surface area contributed by atoms with Crippen LogP contribution in [0.2, 0.25) is 0 Å². The SMILES string of the molecule is Cc1ncc(O)cc1/C=C/B1OC(C)(C)C(C)(C)O1. The standard InChI is InChI=1S/C14H20BNO3/c1-10-11(8-12(17)9-16-10)6-7-15-18-13(2,3)14(4,5)19-15/h6-9,17H,1-5H3/b7-6+. The smallest absolute Gasteiger partial charge is 0.487 e. The molecule has 19 heavy (non-hydrogen) atoms. The summed E-state index contributed by atoms with van der Waals surface area (Å²) in [5.41, 5.74) is 1.03. The third-order valence-corrected chi connectivity index (χ3v) is 3.82. The molecule has 0 aromatic carbocycles. The van der Waals surface area contributed by atoms with Gasteiger partial charge in [-0.2, -0.15) is 0 Å². The zero-order valence-electron chi connectivity index (χ0n) is 12.1. The second kappa shape index (κ2) is 4.65. The molecule has 1 aromatic heterocycles. The molecular weight excluding hydrogens is 241 g/mol. The van der Waals surface area contributed by atoms with Gasteiger partial charge < -0.3 is 14.4 Å². The zero-order valence-corrected chi connectivity index (χ0v) is 12.1. The number of hydrogen-bond acceptors (Lipinski definition) is 4. The maximum atomic E-state index is 9.44. The minimum Gasteiger partial charge on any atom is -0.506 e.